The number of rotatable bonds is 4. The number of carbonyl (C=O) groups excluding carboxylic acids is 1. The van der Waals surface area contributed by atoms with Gasteiger partial charge in [-0.1, -0.05) is 19.9 Å². The zero-order chi connectivity index (χ0) is 14.0. The number of carbonyl (C=O) groups is 1. The Morgan fingerprint density at radius 2 is 2.05 bits per heavy atom. The summed E-state index contributed by atoms with van der Waals surface area (Å²) in [6.07, 6.45) is 3.53. The van der Waals surface area contributed by atoms with Crippen molar-refractivity contribution in [2.24, 2.45) is 11.1 Å². The lowest BCUT2D eigenvalue weighted by atomic mass is 9.82. The van der Waals surface area contributed by atoms with Crippen molar-refractivity contribution in [1.82, 2.24) is 0 Å². The first-order valence-electron chi connectivity index (χ1n) is 6.96. The lowest BCUT2D eigenvalue weighted by Crippen LogP contribution is -2.27. The first-order valence-corrected chi connectivity index (χ1v) is 6.96. The molecule has 4 nitrogen and oxygen atoms in total. The molecule has 1 fully saturated rings. The quantitative estimate of drug-likeness (QED) is 0.817. The minimum absolute atomic E-state index is 0.384. The molecule has 1 aliphatic rings. The molecule has 0 radical (unpaired) electrons. The van der Waals surface area contributed by atoms with E-state index in [0.717, 1.165) is 18.8 Å². The summed E-state index contributed by atoms with van der Waals surface area (Å²) in [6, 6.07) is 5.51. The molecule has 4 N–H and O–H groups in total. The van der Waals surface area contributed by atoms with E-state index in [4.69, 9.17) is 11.5 Å². The topological polar surface area (TPSA) is 72.3 Å². The Kier molecular flexibility index (Phi) is 3.69. The molecule has 1 saturated heterocycles. The van der Waals surface area contributed by atoms with Crippen molar-refractivity contribution in [1.29, 1.82) is 0 Å². The minimum atomic E-state index is -0.462. The average molecular weight is 261 g/mol. The molecule has 0 bridgehead atoms. The van der Waals surface area contributed by atoms with Gasteiger partial charge < -0.3 is 16.4 Å². The van der Waals surface area contributed by atoms with Crippen LogP contribution in [0, 0.1) is 5.41 Å². The van der Waals surface area contributed by atoms with Crippen LogP contribution in [-0.2, 0) is 0 Å². The van der Waals surface area contributed by atoms with E-state index in [1.807, 2.05) is 12.1 Å². The van der Waals surface area contributed by atoms with Crippen LogP contribution < -0.4 is 16.4 Å². The Morgan fingerprint density at radius 1 is 1.37 bits per heavy atom. The third-order valence-electron chi connectivity index (χ3n) is 4.63. The number of nitrogens with two attached hydrogens (primary N) is 2. The Bertz CT molecular complexity index is 480. The largest absolute Gasteiger partial charge is 0.396 e. The maximum absolute atomic E-state index is 11.4. The van der Waals surface area contributed by atoms with Gasteiger partial charge in [0.2, 0.25) is 0 Å². The molecule has 1 aromatic carbocycles. The number of nitrogen functional groups attached to an aromatic ring is 1. The van der Waals surface area contributed by atoms with Crippen LogP contribution in [0.5, 0.6) is 0 Å². The maximum Gasteiger partial charge on any atom is 0.250 e. The van der Waals surface area contributed by atoms with E-state index < -0.39 is 5.91 Å². The van der Waals surface area contributed by atoms with Crippen molar-refractivity contribution >= 4 is 17.3 Å². The fourth-order valence-corrected chi connectivity index (χ4v) is 3.01. The Hall–Kier alpha value is -1.71. The van der Waals surface area contributed by atoms with Gasteiger partial charge in [-0.25, -0.2) is 0 Å². The summed E-state index contributed by atoms with van der Waals surface area (Å²) in [5.74, 6) is -0.462. The summed E-state index contributed by atoms with van der Waals surface area (Å²) in [6.45, 7) is 6.49. The lowest BCUT2D eigenvalue weighted by Gasteiger charge is -2.28. The smallest absolute Gasteiger partial charge is 0.250 e. The van der Waals surface area contributed by atoms with Gasteiger partial charge in [-0.2, -0.15) is 0 Å². The SMILES string of the molecule is CCC1(CC)CCN(c2cccc(C(N)=O)c2N)C1. The normalized spacial score (nSPS) is 17.7. The third kappa shape index (κ3) is 2.39. The van der Waals surface area contributed by atoms with Crippen molar-refractivity contribution in [2.45, 2.75) is 33.1 Å². The number of primary amides is 1. The first kappa shape index (κ1) is 13.7. The molecule has 0 saturated carbocycles. The van der Waals surface area contributed by atoms with Crippen molar-refractivity contribution in [2.75, 3.05) is 23.7 Å². The molecule has 2 rings (SSSR count). The minimum Gasteiger partial charge on any atom is -0.396 e. The highest BCUT2D eigenvalue weighted by atomic mass is 16.1. The predicted octanol–water partition coefficient (Wildman–Crippen LogP) is 2.38. The maximum atomic E-state index is 11.4. The molecule has 0 atom stereocenters. The Balaban J connectivity index is 2.30. The average Bonchev–Trinajstić information content (AvgIpc) is 2.83. The molecule has 0 unspecified atom stereocenters. The summed E-state index contributed by atoms with van der Waals surface area (Å²) in [7, 11) is 0. The highest BCUT2D eigenvalue weighted by Crippen LogP contribution is 2.40. The van der Waals surface area contributed by atoms with Crippen LogP contribution in [0.4, 0.5) is 11.4 Å². The standard InChI is InChI=1S/C15H23N3O/c1-3-15(4-2)8-9-18(10-15)12-7-5-6-11(13(12)16)14(17)19/h5-7H,3-4,8-10,16H2,1-2H3,(H2,17,19). The van der Waals surface area contributed by atoms with Gasteiger partial charge in [0.15, 0.2) is 0 Å². The highest BCUT2D eigenvalue weighted by molar-refractivity contribution is 6.00. The van der Waals surface area contributed by atoms with Gasteiger partial charge in [-0.15, -0.1) is 0 Å². The zero-order valence-electron chi connectivity index (χ0n) is 11.8. The van der Waals surface area contributed by atoms with Crippen molar-refractivity contribution in [3.05, 3.63) is 23.8 Å². The molecule has 1 heterocycles. The van der Waals surface area contributed by atoms with Crippen LogP contribution in [0.3, 0.4) is 0 Å². The van der Waals surface area contributed by atoms with E-state index in [2.05, 4.69) is 18.7 Å². The summed E-state index contributed by atoms with van der Waals surface area (Å²) >= 11 is 0. The molecule has 19 heavy (non-hydrogen) atoms. The number of anilines is 2. The number of benzene rings is 1. The number of para-hydroxylation sites is 1. The lowest BCUT2D eigenvalue weighted by molar-refractivity contribution is 0.100. The number of amides is 1. The van der Waals surface area contributed by atoms with E-state index in [-0.39, 0.29) is 0 Å². The van der Waals surface area contributed by atoms with Gasteiger partial charge in [0, 0.05) is 13.1 Å². The highest BCUT2D eigenvalue weighted by Gasteiger charge is 2.35. The molecule has 1 aliphatic heterocycles. The predicted molar refractivity (Wildman–Crippen MR) is 79.2 cm³/mol. The third-order valence-corrected chi connectivity index (χ3v) is 4.63. The van der Waals surface area contributed by atoms with Gasteiger partial charge in [0.05, 0.1) is 16.9 Å². The Morgan fingerprint density at radius 3 is 2.58 bits per heavy atom. The van der Waals surface area contributed by atoms with Gasteiger partial charge in [-0.3, -0.25) is 4.79 Å². The molecule has 4 heteroatoms. The Labute approximate surface area is 114 Å². The van der Waals surface area contributed by atoms with Crippen molar-refractivity contribution in [3.63, 3.8) is 0 Å². The van der Waals surface area contributed by atoms with E-state index in [0.29, 0.717) is 16.7 Å². The van der Waals surface area contributed by atoms with Crippen LogP contribution >= 0.6 is 0 Å². The summed E-state index contributed by atoms with van der Waals surface area (Å²) in [5.41, 5.74) is 13.7. The fourth-order valence-electron chi connectivity index (χ4n) is 3.01. The molecule has 104 valence electrons. The second kappa shape index (κ2) is 5.11. The van der Waals surface area contributed by atoms with Crippen LogP contribution in [-0.4, -0.2) is 19.0 Å². The molecule has 0 spiro atoms. The van der Waals surface area contributed by atoms with E-state index in [1.54, 1.807) is 6.07 Å². The first-order chi connectivity index (χ1) is 9.03. The number of hydrogen-bond donors (Lipinski definition) is 2. The molecule has 0 aliphatic carbocycles. The second-order valence-electron chi connectivity index (χ2n) is 5.48. The van der Waals surface area contributed by atoms with Gasteiger partial charge in [0.1, 0.15) is 0 Å². The van der Waals surface area contributed by atoms with E-state index in [9.17, 15) is 4.79 Å². The van der Waals surface area contributed by atoms with Crippen molar-refractivity contribution in [3.8, 4) is 0 Å². The number of nitrogens with zero attached hydrogens (tertiary/aromatic N) is 1. The summed E-state index contributed by atoms with van der Waals surface area (Å²) in [4.78, 5) is 13.6. The van der Waals surface area contributed by atoms with Crippen LogP contribution in [0.15, 0.2) is 18.2 Å². The second-order valence-corrected chi connectivity index (χ2v) is 5.48. The van der Waals surface area contributed by atoms with E-state index >= 15 is 0 Å². The summed E-state index contributed by atoms with van der Waals surface area (Å²) in [5, 5.41) is 0. The number of hydrogen-bond acceptors (Lipinski definition) is 3. The molecular formula is C15H23N3O. The van der Waals surface area contributed by atoms with Gasteiger partial charge in [0.25, 0.3) is 5.91 Å². The monoisotopic (exact) mass is 261 g/mol. The van der Waals surface area contributed by atoms with Crippen LogP contribution in [0.1, 0.15) is 43.5 Å². The van der Waals surface area contributed by atoms with E-state index in [1.165, 1.54) is 19.3 Å². The fraction of sp³-hybridized carbons (Fsp3) is 0.533. The van der Waals surface area contributed by atoms with Gasteiger partial charge in [-0.05, 0) is 36.8 Å². The summed E-state index contributed by atoms with van der Waals surface area (Å²) < 4.78 is 0. The molecule has 0 aromatic heterocycles. The van der Waals surface area contributed by atoms with Crippen molar-refractivity contribution < 1.29 is 4.79 Å². The zero-order valence-corrected chi connectivity index (χ0v) is 11.8. The van der Waals surface area contributed by atoms with Crippen LogP contribution in [0.25, 0.3) is 0 Å². The molecular weight excluding hydrogens is 238 g/mol. The van der Waals surface area contributed by atoms with Crippen LogP contribution in [0.2, 0.25) is 0 Å². The van der Waals surface area contributed by atoms with Gasteiger partial charge >= 0.3 is 0 Å². The molecule has 1 aromatic rings. The molecule has 1 amide bonds.